The molecule has 0 fully saturated rings. The number of rotatable bonds is 6. The van der Waals surface area contributed by atoms with Gasteiger partial charge in [0.15, 0.2) is 0 Å². The summed E-state index contributed by atoms with van der Waals surface area (Å²) in [6, 6.07) is 9.18. The monoisotopic (exact) mass is 315 g/mol. The Labute approximate surface area is 131 Å². The van der Waals surface area contributed by atoms with Crippen LogP contribution in [0.25, 0.3) is 11.1 Å². The number of carbonyl (C=O) groups is 2. The van der Waals surface area contributed by atoms with Crippen molar-refractivity contribution in [2.45, 2.75) is 6.42 Å². The van der Waals surface area contributed by atoms with Crippen molar-refractivity contribution in [1.82, 2.24) is 0 Å². The molecule has 0 spiro atoms. The van der Waals surface area contributed by atoms with Crippen molar-refractivity contribution >= 4 is 34.4 Å². The van der Waals surface area contributed by atoms with Crippen LogP contribution in [0, 0.1) is 11.3 Å². The minimum absolute atomic E-state index is 0.0487. The van der Waals surface area contributed by atoms with E-state index in [4.69, 9.17) is 11.0 Å². The Morgan fingerprint density at radius 1 is 1.41 bits per heavy atom. The molecule has 7 heteroatoms. The number of amides is 1. The molecule has 3 N–H and O–H groups in total. The maximum Gasteiger partial charge on any atom is 0.293 e. The van der Waals surface area contributed by atoms with Crippen LogP contribution in [0.5, 0.6) is 0 Å². The van der Waals surface area contributed by atoms with Crippen LogP contribution in [-0.2, 0) is 14.3 Å². The first-order valence-corrected chi connectivity index (χ1v) is 7.26. The van der Waals surface area contributed by atoms with Crippen LogP contribution >= 0.6 is 11.3 Å². The molecule has 112 valence electrons. The van der Waals surface area contributed by atoms with Gasteiger partial charge in [0.25, 0.3) is 6.47 Å². The number of thiophene rings is 1. The number of anilines is 2. The first-order chi connectivity index (χ1) is 10.7. The molecule has 0 bridgehead atoms. The van der Waals surface area contributed by atoms with E-state index in [0.717, 1.165) is 11.1 Å². The minimum Gasteiger partial charge on any atom is -0.467 e. The Morgan fingerprint density at radius 2 is 2.14 bits per heavy atom. The highest BCUT2D eigenvalue weighted by Crippen LogP contribution is 2.33. The van der Waals surface area contributed by atoms with Crippen LogP contribution in [0.2, 0.25) is 0 Å². The maximum absolute atomic E-state index is 11.6. The molecule has 1 aromatic carbocycles. The van der Waals surface area contributed by atoms with Gasteiger partial charge in [-0.3, -0.25) is 9.59 Å². The van der Waals surface area contributed by atoms with E-state index >= 15 is 0 Å². The van der Waals surface area contributed by atoms with E-state index in [0.29, 0.717) is 22.7 Å². The Balaban J connectivity index is 2.06. The Hall–Kier alpha value is -2.85. The number of carbonyl (C=O) groups excluding carboxylic acids is 2. The van der Waals surface area contributed by atoms with E-state index in [1.807, 2.05) is 5.38 Å². The van der Waals surface area contributed by atoms with E-state index in [1.54, 1.807) is 24.3 Å². The van der Waals surface area contributed by atoms with Crippen molar-refractivity contribution in [3.8, 4) is 17.2 Å². The van der Waals surface area contributed by atoms with Crippen molar-refractivity contribution in [2.24, 2.45) is 0 Å². The molecule has 0 aliphatic rings. The van der Waals surface area contributed by atoms with Gasteiger partial charge in [-0.15, -0.1) is 11.3 Å². The number of benzene rings is 1. The van der Waals surface area contributed by atoms with Gasteiger partial charge >= 0.3 is 0 Å². The normalized spacial score (nSPS) is 9.77. The van der Waals surface area contributed by atoms with Crippen LogP contribution in [0.3, 0.4) is 0 Å². The topological polar surface area (TPSA) is 105 Å². The molecule has 0 aliphatic heterocycles. The highest BCUT2D eigenvalue weighted by molar-refractivity contribution is 7.14. The summed E-state index contributed by atoms with van der Waals surface area (Å²) in [7, 11) is 0. The number of hydrogen-bond acceptors (Lipinski definition) is 6. The third-order valence-electron chi connectivity index (χ3n) is 2.93. The first-order valence-electron chi connectivity index (χ1n) is 6.38. The van der Waals surface area contributed by atoms with Crippen LogP contribution in [0.1, 0.15) is 12.0 Å². The first kappa shape index (κ1) is 15.5. The number of hydrogen-bond donors (Lipinski definition) is 2. The summed E-state index contributed by atoms with van der Waals surface area (Å²) >= 11 is 1.32. The van der Waals surface area contributed by atoms with Crippen LogP contribution in [0.15, 0.2) is 29.6 Å². The number of nitrogens with two attached hydrogens (primary N) is 1. The zero-order chi connectivity index (χ0) is 15.9. The summed E-state index contributed by atoms with van der Waals surface area (Å²) in [6.45, 7) is 0.356. The average Bonchev–Trinajstić information content (AvgIpc) is 2.89. The van der Waals surface area contributed by atoms with E-state index < -0.39 is 0 Å². The second-order valence-corrected chi connectivity index (χ2v) is 5.25. The Morgan fingerprint density at radius 3 is 2.77 bits per heavy atom. The molecule has 6 nitrogen and oxygen atoms in total. The molecule has 0 aliphatic carbocycles. The highest BCUT2D eigenvalue weighted by Gasteiger charge is 2.11. The van der Waals surface area contributed by atoms with Gasteiger partial charge in [-0.05, 0) is 17.7 Å². The second-order valence-electron chi connectivity index (χ2n) is 4.34. The molecule has 2 rings (SSSR count). The van der Waals surface area contributed by atoms with Crippen molar-refractivity contribution in [1.29, 1.82) is 5.26 Å². The quantitative estimate of drug-likeness (QED) is 0.629. The molecule has 0 saturated carbocycles. The van der Waals surface area contributed by atoms with Gasteiger partial charge in [0.2, 0.25) is 5.91 Å². The molecule has 22 heavy (non-hydrogen) atoms. The lowest BCUT2D eigenvalue weighted by Gasteiger charge is -2.06. The number of nitrogens with zero attached hydrogens (tertiary/aromatic N) is 1. The molecule has 1 heterocycles. The molecular formula is C15H13N3O3S. The largest absolute Gasteiger partial charge is 0.467 e. The van der Waals surface area contributed by atoms with E-state index in [-0.39, 0.29) is 18.9 Å². The van der Waals surface area contributed by atoms with Gasteiger partial charge in [0.1, 0.15) is 11.1 Å². The third-order valence-corrected chi connectivity index (χ3v) is 3.74. The van der Waals surface area contributed by atoms with Crippen molar-refractivity contribution in [2.75, 3.05) is 17.7 Å². The number of ether oxygens (including phenoxy) is 1. The Bertz CT molecular complexity index is 717. The van der Waals surface area contributed by atoms with Gasteiger partial charge in [0.05, 0.1) is 18.6 Å². The molecular weight excluding hydrogens is 302 g/mol. The van der Waals surface area contributed by atoms with Gasteiger partial charge in [-0.2, -0.15) is 5.26 Å². The standard InChI is InChI=1S/C15H13N3O3S/c16-7-12-13(8-22-15(12)17)10-1-3-11(4-2-10)18-14(20)5-6-21-9-19/h1-4,8-9H,5-6,17H2,(H,18,20). The van der Waals surface area contributed by atoms with Crippen LogP contribution < -0.4 is 11.1 Å². The summed E-state index contributed by atoms with van der Waals surface area (Å²) in [5.74, 6) is -0.243. The Kier molecular flexibility index (Phi) is 5.11. The van der Waals surface area contributed by atoms with Gasteiger partial charge in [-0.25, -0.2) is 0 Å². The van der Waals surface area contributed by atoms with Crippen molar-refractivity contribution in [3.05, 3.63) is 35.2 Å². The molecule has 1 amide bonds. The molecule has 0 radical (unpaired) electrons. The fourth-order valence-electron chi connectivity index (χ4n) is 1.86. The zero-order valence-electron chi connectivity index (χ0n) is 11.5. The number of nitrogen functional groups attached to an aromatic ring is 1. The van der Waals surface area contributed by atoms with Crippen molar-refractivity contribution < 1.29 is 14.3 Å². The summed E-state index contributed by atoms with van der Waals surface area (Å²) in [5.41, 5.74) is 8.47. The lowest BCUT2D eigenvalue weighted by molar-refractivity contribution is -0.129. The van der Waals surface area contributed by atoms with E-state index in [1.165, 1.54) is 11.3 Å². The summed E-state index contributed by atoms with van der Waals surface area (Å²) in [4.78, 5) is 21.6. The number of nitriles is 1. The van der Waals surface area contributed by atoms with Crippen molar-refractivity contribution in [3.63, 3.8) is 0 Å². The smallest absolute Gasteiger partial charge is 0.293 e. The van der Waals surface area contributed by atoms with Crippen LogP contribution in [-0.4, -0.2) is 19.0 Å². The SMILES string of the molecule is N#Cc1c(-c2ccc(NC(=O)CCOC=O)cc2)csc1N. The summed E-state index contributed by atoms with van der Waals surface area (Å²) in [5, 5.41) is 14.1. The molecule has 2 aromatic rings. The van der Waals surface area contributed by atoms with Gasteiger partial charge in [-0.1, -0.05) is 12.1 Å². The predicted octanol–water partition coefficient (Wildman–Crippen LogP) is 2.37. The lowest BCUT2D eigenvalue weighted by Crippen LogP contribution is -2.13. The summed E-state index contributed by atoms with van der Waals surface area (Å²) in [6.07, 6.45) is 0.0974. The third kappa shape index (κ3) is 3.62. The minimum atomic E-state index is -0.243. The number of nitrogens with one attached hydrogen (secondary N) is 1. The predicted molar refractivity (Wildman–Crippen MR) is 84.1 cm³/mol. The molecule has 1 aromatic heterocycles. The van der Waals surface area contributed by atoms with E-state index in [2.05, 4.69) is 16.1 Å². The van der Waals surface area contributed by atoms with Gasteiger partial charge < -0.3 is 15.8 Å². The van der Waals surface area contributed by atoms with Crippen LogP contribution in [0.4, 0.5) is 10.7 Å². The highest BCUT2D eigenvalue weighted by atomic mass is 32.1. The fourth-order valence-corrected chi connectivity index (χ4v) is 2.63. The average molecular weight is 315 g/mol. The summed E-state index contributed by atoms with van der Waals surface area (Å²) < 4.78 is 4.46. The van der Waals surface area contributed by atoms with E-state index in [9.17, 15) is 9.59 Å². The lowest BCUT2D eigenvalue weighted by atomic mass is 10.0. The molecule has 0 unspecified atom stereocenters. The second kappa shape index (κ2) is 7.24. The maximum atomic E-state index is 11.6. The molecule has 0 atom stereocenters. The zero-order valence-corrected chi connectivity index (χ0v) is 12.4. The van der Waals surface area contributed by atoms with Gasteiger partial charge in [0, 0.05) is 16.6 Å². The molecule has 0 saturated heterocycles. The fraction of sp³-hybridized carbons (Fsp3) is 0.133.